The summed E-state index contributed by atoms with van der Waals surface area (Å²) in [6.07, 6.45) is 13.5. The number of amides is 3. The van der Waals surface area contributed by atoms with Crippen LogP contribution >= 0.6 is 0 Å². The number of hydrogen-bond acceptors (Lipinski definition) is 9. The van der Waals surface area contributed by atoms with E-state index in [1.165, 1.54) is 63.6 Å². The Morgan fingerprint density at radius 3 is 2.25 bits per heavy atom. The highest BCUT2D eigenvalue weighted by atomic mass is 16.5. The van der Waals surface area contributed by atoms with Crippen molar-refractivity contribution in [1.29, 1.82) is 0 Å². The van der Waals surface area contributed by atoms with Crippen molar-refractivity contribution < 1.29 is 23.9 Å². The molecule has 0 bridgehead atoms. The summed E-state index contributed by atoms with van der Waals surface area (Å²) >= 11 is 0. The number of nitrogens with zero attached hydrogens (tertiary/aromatic N) is 2. The molecule has 52 heavy (non-hydrogen) atoms. The van der Waals surface area contributed by atoms with Crippen molar-refractivity contribution in [2.75, 3.05) is 59.2 Å². The zero-order chi connectivity index (χ0) is 38.7. The van der Waals surface area contributed by atoms with Crippen LogP contribution in [0.25, 0.3) is 0 Å². The largest absolute Gasteiger partial charge is 0.399 e. The molecule has 4 rings (SSSR count). The number of likely N-dealkylation sites (N-methyl/N-ethyl adjacent to an activating group) is 1. The van der Waals surface area contributed by atoms with Gasteiger partial charge in [-0.25, -0.2) is 0 Å². The van der Waals surface area contributed by atoms with Crippen molar-refractivity contribution >= 4 is 30.2 Å². The van der Waals surface area contributed by atoms with Gasteiger partial charge in [-0.2, -0.15) is 0 Å². The van der Waals surface area contributed by atoms with Crippen LogP contribution in [0.2, 0.25) is 0 Å². The van der Waals surface area contributed by atoms with E-state index in [1.54, 1.807) is 20.0 Å². The summed E-state index contributed by atoms with van der Waals surface area (Å²) in [6, 6.07) is 8.43. The van der Waals surface area contributed by atoms with E-state index < -0.39 is 6.04 Å². The summed E-state index contributed by atoms with van der Waals surface area (Å²) in [4.78, 5) is 49.1. The molecule has 1 unspecified atom stereocenters. The lowest BCUT2D eigenvalue weighted by molar-refractivity contribution is -0.137. The highest BCUT2D eigenvalue weighted by Crippen LogP contribution is 2.27. The Morgan fingerprint density at radius 2 is 1.69 bits per heavy atom. The fraction of sp³-hybridized carbons (Fsp3) is 0.610. The topological polar surface area (TPSA) is 160 Å². The highest BCUT2D eigenvalue weighted by molar-refractivity contribution is 6.00. The standard InChI is InChI=1S/C20H29N3O4.C12H18N2.C7H13NO.C2H6/c1-4-16(14-24)17(15(2)7-5-6-11-27-12-10-21)13-23(3)18-8-9-19(25)22-20(18)26;1-14-8-6-11(7-9-14)10-2-4-12(13)5-3-10;9-6-8-7-4-2-1-3-5-7;1-2/h4,14,18H,6,8-13,21H2,1-3H3,(H,22,25,26);2-5,11H,6-9,13H2,1H3;6-7H,1-5H2,(H,8,9);1-2H3/b16-4-,17-15+;;;. The number of benzene rings is 1. The lowest BCUT2D eigenvalue weighted by Crippen LogP contribution is -2.51. The summed E-state index contributed by atoms with van der Waals surface area (Å²) in [5.41, 5.74) is 15.4. The van der Waals surface area contributed by atoms with Gasteiger partial charge in [-0.05, 0) is 102 Å². The van der Waals surface area contributed by atoms with Crippen molar-refractivity contribution in [1.82, 2.24) is 20.4 Å². The molecule has 1 aromatic carbocycles. The van der Waals surface area contributed by atoms with Crippen LogP contribution in [0.1, 0.15) is 103 Å². The van der Waals surface area contributed by atoms with E-state index in [0.29, 0.717) is 57.2 Å². The Labute approximate surface area is 313 Å². The van der Waals surface area contributed by atoms with E-state index in [4.69, 9.17) is 16.2 Å². The summed E-state index contributed by atoms with van der Waals surface area (Å²) < 4.78 is 5.29. The Kier molecular flexibility index (Phi) is 24.7. The fourth-order valence-electron chi connectivity index (χ4n) is 6.26. The molecule has 11 heteroatoms. The number of allylic oxidation sites excluding steroid dienone is 2. The van der Waals surface area contributed by atoms with Gasteiger partial charge in [-0.15, -0.1) is 0 Å². The van der Waals surface area contributed by atoms with Crippen LogP contribution in [0.4, 0.5) is 5.69 Å². The van der Waals surface area contributed by atoms with Gasteiger partial charge in [0.05, 0.1) is 19.3 Å². The highest BCUT2D eigenvalue weighted by Gasteiger charge is 2.30. The van der Waals surface area contributed by atoms with Crippen LogP contribution in [-0.2, 0) is 23.9 Å². The molecule has 6 N–H and O–H groups in total. The van der Waals surface area contributed by atoms with Gasteiger partial charge < -0.3 is 26.4 Å². The summed E-state index contributed by atoms with van der Waals surface area (Å²) in [5.74, 6) is 6.30. The number of imide groups is 1. The van der Waals surface area contributed by atoms with Crippen molar-refractivity contribution in [3.05, 3.63) is 52.6 Å². The van der Waals surface area contributed by atoms with Gasteiger partial charge >= 0.3 is 0 Å². The third-order valence-electron chi connectivity index (χ3n) is 9.33. The molecule has 2 saturated heterocycles. The van der Waals surface area contributed by atoms with E-state index in [-0.39, 0.29) is 11.8 Å². The van der Waals surface area contributed by atoms with Crippen LogP contribution in [-0.4, -0.2) is 99.9 Å². The Hall–Kier alpha value is -3.82. The van der Waals surface area contributed by atoms with Crippen LogP contribution in [0.5, 0.6) is 0 Å². The van der Waals surface area contributed by atoms with Gasteiger partial charge in [0.25, 0.3) is 0 Å². The minimum atomic E-state index is -0.409. The first-order valence-corrected chi connectivity index (χ1v) is 19.0. The quantitative estimate of drug-likeness (QED) is 0.0455. The van der Waals surface area contributed by atoms with Crippen molar-refractivity contribution in [3.63, 3.8) is 0 Å². The van der Waals surface area contributed by atoms with E-state index in [1.807, 2.05) is 37.8 Å². The minimum absolute atomic E-state index is 0.249. The molecule has 0 radical (unpaired) electrons. The van der Waals surface area contributed by atoms with Gasteiger partial charge in [0.15, 0.2) is 0 Å². The number of aldehydes is 1. The van der Waals surface area contributed by atoms with Crippen LogP contribution in [0.3, 0.4) is 0 Å². The zero-order valence-corrected chi connectivity index (χ0v) is 32.7. The number of likely N-dealkylation sites (tertiary alicyclic amines) is 1. The maximum atomic E-state index is 12.1. The average Bonchev–Trinajstić information content (AvgIpc) is 3.15. The molecule has 2 aliphatic heterocycles. The second-order valence-electron chi connectivity index (χ2n) is 13.2. The molecule has 3 fully saturated rings. The molecule has 3 amide bonds. The van der Waals surface area contributed by atoms with Crippen LogP contribution in [0, 0.1) is 11.8 Å². The molecular weight excluding hydrogens is 656 g/mol. The molecule has 1 atom stereocenters. The summed E-state index contributed by atoms with van der Waals surface area (Å²) in [6.45, 7) is 12.0. The molecule has 0 aromatic heterocycles. The number of carbonyl (C=O) groups is 4. The molecular formula is C41H66N6O5. The first kappa shape index (κ1) is 46.2. The number of hydrogen-bond donors (Lipinski definition) is 4. The number of carbonyl (C=O) groups excluding carboxylic acids is 4. The third-order valence-corrected chi connectivity index (χ3v) is 9.33. The normalized spacial score (nSPS) is 18.8. The Balaban J connectivity index is 0.000000443. The first-order valence-electron chi connectivity index (χ1n) is 19.0. The molecule has 2 heterocycles. The number of nitrogen functional groups attached to an aromatic ring is 1. The predicted octanol–water partition coefficient (Wildman–Crippen LogP) is 4.72. The van der Waals surface area contributed by atoms with E-state index in [2.05, 4.69) is 46.6 Å². The molecule has 1 aliphatic carbocycles. The van der Waals surface area contributed by atoms with Gasteiger partial charge in [0.1, 0.15) is 6.29 Å². The third kappa shape index (κ3) is 18.1. The lowest BCUT2D eigenvalue weighted by Gasteiger charge is -2.30. The van der Waals surface area contributed by atoms with E-state index >= 15 is 0 Å². The second kappa shape index (κ2) is 27.8. The van der Waals surface area contributed by atoms with Crippen molar-refractivity contribution in [2.24, 2.45) is 5.73 Å². The molecule has 3 aliphatic rings. The fourth-order valence-corrected chi connectivity index (χ4v) is 6.26. The number of anilines is 1. The maximum Gasteiger partial charge on any atom is 0.243 e. The summed E-state index contributed by atoms with van der Waals surface area (Å²) in [5, 5.41) is 5.16. The number of ether oxygens (including phenoxy) is 1. The smallest absolute Gasteiger partial charge is 0.243 e. The van der Waals surface area contributed by atoms with E-state index in [9.17, 15) is 19.2 Å². The van der Waals surface area contributed by atoms with E-state index in [0.717, 1.165) is 35.4 Å². The zero-order valence-electron chi connectivity index (χ0n) is 32.7. The molecule has 11 nitrogen and oxygen atoms in total. The van der Waals surface area contributed by atoms with Gasteiger partial charge in [0, 0.05) is 48.8 Å². The predicted molar refractivity (Wildman–Crippen MR) is 211 cm³/mol. The van der Waals surface area contributed by atoms with Crippen LogP contribution in [0.15, 0.2) is 47.1 Å². The number of piperidine rings is 2. The minimum Gasteiger partial charge on any atom is -0.399 e. The van der Waals surface area contributed by atoms with Gasteiger partial charge in [-0.1, -0.05) is 63.2 Å². The number of nitrogens with two attached hydrogens (primary N) is 2. The molecule has 290 valence electrons. The SMILES string of the molecule is C/C=C(C=O)\C(CN(C)C1CCC(=O)NC1=O)=C(/C)C#CCCOCCN.CC.CN1CCC(c2ccc(N)cc2)CC1.O=CNC1CCCCC1. The first-order chi connectivity index (χ1) is 25.1. The molecule has 1 saturated carbocycles. The number of nitrogens with one attached hydrogen (secondary N) is 2. The average molecular weight is 723 g/mol. The maximum absolute atomic E-state index is 12.1. The Bertz CT molecular complexity index is 1320. The molecule has 1 aromatic rings. The second-order valence-corrected chi connectivity index (χ2v) is 13.2. The van der Waals surface area contributed by atoms with Crippen molar-refractivity contribution in [2.45, 2.75) is 110 Å². The monoisotopic (exact) mass is 723 g/mol. The lowest BCUT2D eigenvalue weighted by atomic mass is 9.89. The molecule has 0 spiro atoms. The van der Waals surface area contributed by atoms with Gasteiger partial charge in [-0.3, -0.25) is 29.4 Å². The van der Waals surface area contributed by atoms with Crippen LogP contribution < -0.4 is 22.1 Å². The summed E-state index contributed by atoms with van der Waals surface area (Å²) in [7, 11) is 4.00. The Morgan fingerprint density at radius 1 is 1.04 bits per heavy atom. The van der Waals surface area contributed by atoms with Gasteiger partial charge in [0.2, 0.25) is 18.2 Å². The number of rotatable bonds is 12. The van der Waals surface area contributed by atoms with Crippen molar-refractivity contribution in [3.8, 4) is 11.8 Å².